The number of aromatic nitrogens is 4. The molecular formula is C18H11ClF5N5O2. The Morgan fingerprint density at radius 3 is 2.65 bits per heavy atom. The molecule has 0 fully saturated rings. The third-order valence-corrected chi connectivity index (χ3v) is 4.67. The zero-order valence-electron chi connectivity index (χ0n) is 15.2. The Morgan fingerprint density at radius 2 is 1.97 bits per heavy atom. The normalized spacial score (nSPS) is 12.0. The number of alkyl halides is 5. The van der Waals surface area contributed by atoms with Crippen LogP contribution in [0.25, 0.3) is 22.6 Å². The molecule has 4 rings (SSSR count). The highest BCUT2D eigenvalue weighted by molar-refractivity contribution is 6.35. The highest BCUT2D eigenvalue weighted by Crippen LogP contribution is 2.39. The van der Waals surface area contributed by atoms with E-state index >= 15 is 0 Å². The number of nitrogens with zero attached hydrogens (tertiary/aromatic N) is 3. The molecule has 2 aromatic carbocycles. The summed E-state index contributed by atoms with van der Waals surface area (Å²) < 4.78 is 74.0. The number of anilines is 1. The molecule has 31 heavy (non-hydrogen) atoms. The molecule has 0 aliphatic carbocycles. The van der Waals surface area contributed by atoms with Crippen LogP contribution in [0.5, 0.6) is 5.75 Å². The first-order valence-electron chi connectivity index (χ1n) is 8.57. The summed E-state index contributed by atoms with van der Waals surface area (Å²) in [6.07, 6.45) is -4.88. The first kappa shape index (κ1) is 20.8. The number of rotatable bonds is 6. The second kappa shape index (κ2) is 8.02. The Morgan fingerprint density at radius 1 is 1.16 bits per heavy atom. The van der Waals surface area contributed by atoms with Crippen LogP contribution in [0.1, 0.15) is 11.1 Å². The monoisotopic (exact) mass is 459 g/mol. The summed E-state index contributed by atoms with van der Waals surface area (Å²) in [4.78, 5) is 0. The fourth-order valence-corrected chi connectivity index (χ4v) is 3.16. The van der Waals surface area contributed by atoms with E-state index in [0.29, 0.717) is 28.4 Å². The van der Waals surface area contributed by atoms with E-state index in [2.05, 4.69) is 30.7 Å². The largest absolute Gasteiger partial charge is 0.451 e. The van der Waals surface area contributed by atoms with Crippen LogP contribution in [0, 0.1) is 0 Å². The highest BCUT2D eigenvalue weighted by atomic mass is 35.5. The Bertz CT molecular complexity index is 1210. The SMILES string of the molecule is FC(F)Oc1ccc(NCc2ccc3cc(-c4nn[nH]n4)oc3c2Cl)cc1C(F)(F)F. The third kappa shape index (κ3) is 4.38. The average molecular weight is 460 g/mol. The van der Waals surface area contributed by atoms with Gasteiger partial charge in [-0.05, 0) is 35.0 Å². The highest BCUT2D eigenvalue weighted by Gasteiger charge is 2.35. The number of aromatic amines is 1. The number of nitrogens with one attached hydrogen (secondary N) is 2. The molecule has 13 heteroatoms. The molecule has 2 heterocycles. The molecule has 0 unspecified atom stereocenters. The number of tetrazole rings is 1. The van der Waals surface area contributed by atoms with Crippen LogP contribution < -0.4 is 10.1 Å². The molecule has 0 aliphatic heterocycles. The zero-order chi connectivity index (χ0) is 22.2. The predicted octanol–water partition coefficient (Wildman–Crippen LogP) is 5.50. The minimum atomic E-state index is -4.88. The van der Waals surface area contributed by atoms with Crippen LogP contribution in [0.4, 0.5) is 27.6 Å². The number of halogens is 6. The van der Waals surface area contributed by atoms with Gasteiger partial charge in [0.15, 0.2) is 11.3 Å². The average Bonchev–Trinajstić information content (AvgIpc) is 3.37. The minimum absolute atomic E-state index is 0.0389. The second-order valence-electron chi connectivity index (χ2n) is 6.24. The number of hydrogen-bond donors (Lipinski definition) is 2. The summed E-state index contributed by atoms with van der Waals surface area (Å²) in [5, 5.41) is 17.1. The molecule has 0 radical (unpaired) electrons. The Balaban J connectivity index is 1.58. The van der Waals surface area contributed by atoms with E-state index in [4.69, 9.17) is 16.0 Å². The van der Waals surface area contributed by atoms with Crippen LogP contribution in [-0.4, -0.2) is 27.2 Å². The molecule has 0 spiro atoms. The van der Waals surface area contributed by atoms with E-state index in [1.54, 1.807) is 18.2 Å². The fraction of sp³-hybridized carbons (Fsp3) is 0.167. The number of benzene rings is 2. The summed E-state index contributed by atoms with van der Waals surface area (Å²) in [7, 11) is 0. The smallest absolute Gasteiger partial charge is 0.420 e. The molecule has 2 aromatic heterocycles. The lowest BCUT2D eigenvalue weighted by Gasteiger charge is -2.16. The van der Waals surface area contributed by atoms with Crippen molar-refractivity contribution < 1.29 is 31.1 Å². The fourth-order valence-electron chi connectivity index (χ4n) is 2.88. The van der Waals surface area contributed by atoms with E-state index in [-0.39, 0.29) is 23.1 Å². The van der Waals surface area contributed by atoms with E-state index in [1.165, 1.54) is 6.07 Å². The van der Waals surface area contributed by atoms with Crippen LogP contribution >= 0.6 is 11.6 Å². The lowest BCUT2D eigenvalue weighted by molar-refractivity contribution is -0.141. The molecule has 7 nitrogen and oxygen atoms in total. The lowest BCUT2D eigenvalue weighted by Crippen LogP contribution is -2.12. The van der Waals surface area contributed by atoms with Crippen molar-refractivity contribution >= 4 is 28.3 Å². The minimum Gasteiger partial charge on any atom is -0.451 e. The maximum atomic E-state index is 13.2. The van der Waals surface area contributed by atoms with Crippen molar-refractivity contribution in [3.8, 4) is 17.3 Å². The van der Waals surface area contributed by atoms with Crippen LogP contribution in [0.3, 0.4) is 0 Å². The maximum Gasteiger partial charge on any atom is 0.420 e. The van der Waals surface area contributed by atoms with Gasteiger partial charge in [-0.3, -0.25) is 0 Å². The van der Waals surface area contributed by atoms with E-state index in [9.17, 15) is 22.0 Å². The van der Waals surface area contributed by atoms with E-state index in [0.717, 1.165) is 6.07 Å². The summed E-state index contributed by atoms with van der Waals surface area (Å²) in [5.74, 6) is -0.394. The summed E-state index contributed by atoms with van der Waals surface area (Å²) in [6.45, 7) is -3.34. The van der Waals surface area contributed by atoms with Gasteiger partial charge in [-0.1, -0.05) is 23.7 Å². The van der Waals surface area contributed by atoms with Gasteiger partial charge in [-0.2, -0.15) is 27.2 Å². The number of H-pyrrole nitrogens is 1. The molecule has 0 saturated carbocycles. The van der Waals surface area contributed by atoms with Crippen molar-refractivity contribution in [2.45, 2.75) is 19.3 Å². The molecule has 4 aromatic rings. The van der Waals surface area contributed by atoms with Crippen molar-refractivity contribution in [2.24, 2.45) is 0 Å². The standard InChI is InChI=1S/C18H11ClF5N5O2/c19-14-9(2-1-8-5-13(30-15(8)14)16-26-28-29-27-16)7-25-10-3-4-12(31-17(20)21)11(6-10)18(22,23)24/h1-6,17,25H,7H2,(H,26,27,28,29). The summed E-state index contributed by atoms with van der Waals surface area (Å²) >= 11 is 6.39. The molecule has 2 N–H and O–H groups in total. The Hall–Kier alpha value is -3.41. The van der Waals surface area contributed by atoms with E-state index in [1.807, 2.05) is 0 Å². The van der Waals surface area contributed by atoms with Gasteiger partial charge in [-0.15, -0.1) is 10.2 Å². The van der Waals surface area contributed by atoms with Gasteiger partial charge < -0.3 is 14.5 Å². The third-order valence-electron chi connectivity index (χ3n) is 4.26. The quantitative estimate of drug-likeness (QED) is 0.370. The molecule has 0 aliphatic rings. The Kier molecular flexibility index (Phi) is 5.39. The zero-order valence-corrected chi connectivity index (χ0v) is 15.9. The lowest BCUT2D eigenvalue weighted by atomic mass is 10.1. The van der Waals surface area contributed by atoms with Gasteiger partial charge in [0.2, 0.25) is 5.82 Å². The van der Waals surface area contributed by atoms with Crippen molar-refractivity contribution in [3.63, 3.8) is 0 Å². The summed E-state index contributed by atoms with van der Waals surface area (Å²) in [6, 6.07) is 7.76. The molecule has 0 amide bonds. The number of furan rings is 1. The first-order valence-corrected chi connectivity index (χ1v) is 8.95. The molecule has 162 valence electrons. The van der Waals surface area contributed by atoms with Crippen LogP contribution in [0.15, 0.2) is 40.8 Å². The van der Waals surface area contributed by atoms with Crippen molar-refractivity contribution in [1.29, 1.82) is 0 Å². The number of hydrogen-bond acceptors (Lipinski definition) is 6. The molecule has 0 saturated heterocycles. The maximum absolute atomic E-state index is 13.2. The van der Waals surface area contributed by atoms with Crippen LogP contribution in [-0.2, 0) is 12.7 Å². The van der Waals surface area contributed by atoms with Gasteiger partial charge in [0.05, 0.1) is 10.6 Å². The first-order chi connectivity index (χ1) is 14.7. The van der Waals surface area contributed by atoms with Gasteiger partial charge in [0.1, 0.15) is 5.75 Å². The number of fused-ring (bicyclic) bond motifs is 1. The van der Waals surface area contributed by atoms with Gasteiger partial charge in [0.25, 0.3) is 0 Å². The topological polar surface area (TPSA) is 88.9 Å². The van der Waals surface area contributed by atoms with Gasteiger partial charge >= 0.3 is 12.8 Å². The van der Waals surface area contributed by atoms with Gasteiger partial charge in [-0.25, -0.2) is 0 Å². The van der Waals surface area contributed by atoms with Crippen molar-refractivity contribution in [1.82, 2.24) is 20.6 Å². The predicted molar refractivity (Wildman–Crippen MR) is 99.8 cm³/mol. The van der Waals surface area contributed by atoms with Crippen molar-refractivity contribution in [2.75, 3.05) is 5.32 Å². The summed E-state index contributed by atoms with van der Waals surface area (Å²) in [5.41, 5.74) is -0.408. The van der Waals surface area contributed by atoms with Crippen molar-refractivity contribution in [3.05, 3.63) is 52.5 Å². The Labute approximate surface area is 175 Å². The second-order valence-corrected chi connectivity index (χ2v) is 6.62. The van der Waals surface area contributed by atoms with E-state index < -0.39 is 24.1 Å². The van der Waals surface area contributed by atoms with Crippen LogP contribution in [0.2, 0.25) is 5.02 Å². The van der Waals surface area contributed by atoms with Gasteiger partial charge in [0, 0.05) is 17.6 Å². The molecular weight excluding hydrogens is 449 g/mol. The molecule has 0 bridgehead atoms. The number of ether oxygens (including phenoxy) is 1. The molecule has 0 atom stereocenters.